The molecule has 0 spiro atoms. The van der Waals surface area contributed by atoms with Gasteiger partial charge in [-0.2, -0.15) is 0 Å². The van der Waals surface area contributed by atoms with Gasteiger partial charge in [0.25, 0.3) is 14.3 Å². The average Bonchev–Trinajstić information content (AvgIpc) is 2.60. The quantitative estimate of drug-likeness (QED) is 0.484. The van der Waals surface area contributed by atoms with Crippen molar-refractivity contribution in [3.63, 3.8) is 0 Å². The van der Waals surface area contributed by atoms with Gasteiger partial charge in [0.1, 0.15) is 5.04 Å². The molecular weight excluding hydrogens is 348 g/mol. The lowest BCUT2D eigenvalue weighted by Crippen LogP contribution is -2.54. The van der Waals surface area contributed by atoms with Crippen LogP contribution in [-0.2, 0) is 18.1 Å². The fourth-order valence-electron chi connectivity index (χ4n) is 4.66. The largest absolute Gasteiger partial charge is 0.518 e. The molecular formula is C19H39O4Si2. The zero-order chi connectivity index (χ0) is 19.3. The molecule has 0 aromatic carbocycles. The fourth-order valence-corrected chi connectivity index (χ4v) is 12.1. The molecule has 1 fully saturated rings. The van der Waals surface area contributed by atoms with E-state index >= 15 is 0 Å². The van der Waals surface area contributed by atoms with Gasteiger partial charge in [0.05, 0.1) is 0 Å². The Balaban J connectivity index is 3.21. The minimum Gasteiger partial charge on any atom is -0.518 e. The van der Waals surface area contributed by atoms with E-state index in [4.69, 9.17) is 13.3 Å². The highest BCUT2D eigenvalue weighted by molar-refractivity contribution is 6.79. The Morgan fingerprint density at radius 1 is 1.08 bits per heavy atom. The second-order valence-corrected chi connectivity index (χ2v) is 15.8. The molecule has 0 amide bonds. The van der Waals surface area contributed by atoms with Gasteiger partial charge in [0.2, 0.25) is 0 Å². The fraction of sp³-hybridized carbons (Fsp3) is 0.947. The summed E-state index contributed by atoms with van der Waals surface area (Å²) in [7, 11) is -0.700. The summed E-state index contributed by atoms with van der Waals surface area (Å²) in [6.45, 7) is 13.0. The maximum Gasteiger partial charge on any atom is 0.402 e. The van der Waals surface area contributed by atoms with E-state index in [9.17, 15) is 4.79 Å². The first-order valence-electron chi connectivity index (χ1n) is 9.89. The third kappa shape index (κ3) is 4.57. The van der Waals surface area contributed by atoms with Gasteiger partial charge in [-0.3, -0.25) is 4.79 Å². The Labute approximate surface area is 158 Å². The van der Waals surface area contributed by atoms with E-state index in [1.807, 2.05) is 13.8 Å². The van der Waals surface area contributed by atoms with Crippen molar-refractivity contribution in [3.8, 4) is 0 Å². The number of hydrogen-bond donors (Lipinski definition) is 0. The van der Waals surface area contributed by atoms with Crippen LogP contribution in [0.5, 0.6) is 0 Å². The Bertz CT molecular complexity index is 410. The molecule has 0 aromatic rings. The first-order chi connectivity index (χ1) is 11.7. The third-order valence-corrected chi connectivity index (χ3v) is 14.5. The van der Waals surface area contributed by atoms with Gasteiger partial charge in [-0.15, -0.1) is 0 Å². The molecule has 0 bridgehead atoms. The molecule has 0 saturated heterocycles. The molecule has 25 heavy (non-hydrogen) atoms. The van der Waals surface area contributed by atoms with Gasteiger partial charge in [0.15, 0.2) is 0 Å². The predicted molar refractivity (Wildman–Crippen MR) is 107 cm³/mol. The maximum atomic E-state index is 13.4. The molecule has 0 aromatic heterocycles. The van der Waals surface area contributed by atoms with Crippen LogP contribution in [0.1, 0.15) is 80.1 Å². The molecule has 147 valence electrons. The molecule has 1 saturated carbocycles. The lowest BCUT2D eigenvalue weighted by molar-refractivity contribution is -0.140. The normalized spacial score (nSPS) is 19.5. The van der Waals surface area contributed by atoms with Crippen molar-refractivity contribution < 1.29 is 18.1 Å². The summed E-state index contributed by atoms with van der Waals surface area (Å²) in [5, 5.41) is -0.676. The Morgan fingerprint density at radius 3 is 1.92 bits per heavy atom. The lowest BCUT2D eigenvalue weighted by Gasteiger charge is -2.47. The molecule has 4 nitrogen and oxygen atoms in total. The van der Waals surface area contributed by atoms with Gasteiger partial charge in [-0.05, 0) is 42.8 Å². The summed E-state index contributed by atoms with van der Waals surface area (Å²) in [6.07, 6.45) is 6.96. The highest BCUT2D eigenvalue weighted by atomic mass is 28.4. The van der Waals surface area contributed by atoms with E-state index in [1.165, 1.54) is 32.1 Å². The molecule has 1 aliphatic rings. The molecule has 0 aliphatic heterocycles. The van der Waals surface area contributed by atoms with Crippen LogP contribution in [0.2, 0.25) is 21.7 Å². The Morgan fingerprint density at radius 2 is 1.56 bits per heavy atom. The topological polar surface area (TPSA) is 44.8 Å². The van der Waals surface area contributed by atoms with Crippen LogP contribution in [0.25, 0.3) is 0 Å². The van der Waals surface area contributed by atoms with Crippen LogP contribution < -0.4 is 0 Å². The van der Waals surface area contributed by atoms with Gasteiger partial charge in [0, 0.05) is 14.2 Å². The third-order valence-electron chi connectivity index (χ3n) is 6.30. The first kappa shape index (κ1) is 22.9. The van der Waals surface area contributed by atoms with E-state index in [0.717, 1.165) is 0 Å². The van der Waals surface area contributed by atoms with Crippen molar-refractivity contribution in [2.75, 3.05) is 14.2 Å². The van der Waals surface area contributed by atoms with Crippen molar-refractivity contribution >= 4 is 23.6 Å². The molecule has 0 N–H and O–H groups in total. The zero-order valence-electron chi connectivity index (χ0n) is 17.6. The molecule has 0 heterocycles. The smallest absolute Gasteiger partial charge is 0.402 e. The second kappa shape index (κ2) is 9.67. The van der Waals surface area contributed by atoms with Crippen LogP contribution in [0, 0.1) is 0 Å². The van der Waals surface area contributed by atoms with Crippen LogP contribution in [-0.4, -0.2) is 37.8 Å². The predicted octanol–water partition coefficient (Wildman–Crippen LogP) is 5.58. The van der Waals surface area contributed by atoms with E-state index in [2.05, 4.69) is 27.7 Å². The minimum absolute atomic E-state index is 0.0905. The van der Waals surface area contributed by atoms with Gasteiger partial charge >= 0.3 is 9.28 Å². The highest BCUT2D eigenvalue weighted by Crippen LogP contribution is 2.51. The van der Waals surface area contributed by atoms with Crippen molar-refractivity contribution in [2.45, 2.75) is 102 Å². The van der Waals surface area contributed by atoms with Crippen LogP contribution in [0.4, 0.5) is 0 Å². The first-order valence-corrected chi connectivity index (χ1v) is 13.3. The summed E-state index contributed by atoms with van der Waals surface area (Å²) in [5.74, 6) is -0.0905. The van der Waals surface area contributed by atoms with Crippen LogP contribution >= 0.6 is 0 Å². The maximum absolute atomic E-state index is 13.4. The number of carbonyl (C=O) groups excluding carboxylic acids is 1. The van der Waals surface area contributed by atoms with Crippen LogP contribution in [0.3, 0.4) is 0 Å². The lowest BCUT2D eigenvalue weighted by atomic mass is 10.0. The Hall–Kier alpha value is -0.176. The van der Waals surface area contributed by atoms with Gasteiger partial charge in [-0.25, -0.2) is 0 Å². The van der Waals surface area contributed by atoms with Crippen molar-refractivity contribution in [1.82, 2.24) is 0 Å². The molecule has 1 aliphatic carbocycles. The minimum atomic E-state index is -2.25. The van der Waals surface area contributed by atoms with E-state index in [-0.39, 0.29) is 5.97 Å². The monoisotopic (exact) mass is 387 g/mol. The van der Waals surface area contributed by atoms with Crippen molar-refractivity contribution in [1.29, 1.82) is 0 Å². The van der Waals surface area contributed by atoms with Crippen molar-refractivity contribution in [2.24, 2.45) is 0 Å². The summed E-state index contributed by atoms with van der Waals surface area (Å²) >= 11 is 0. The highest BCUT2D eigenvalue weighted by Gasteiger charge is 2.55. The molecule has 6 heteroatoms. The summed E-state index contributed by atoms with van der Waals surface area (Å²) in [4.78, 5) is 13.4. The SMILES string of the molecule is CCC(C)(C(=O)O[Si](C(C)C)(C(C)C)C1CCCCC1)[Si](OC)OC. The number of hydrogen-bond acceptors (Lipinski definition) is 4. The zero-order valence-corrected chi connectivity index (χ0v) is 19.6. The second-order valence-electron chi connectivity index (χ2n) is 8.27. The van der Waals surface area contributed by atoms with E-state index in [0.29, 0.717) is 23.0 Å². The number of carbonyl (C=O) groups is 1. The number of rotatable bonds is 9. The molecule has 1 atom stereocenters. The molecule has 1 rings (SSSR count). The average molecular weight is 388 g/mol. The van der Waals surface area contributed by atoms with Gasteiger partial charge in [-0.1, -0.05) is 53.9 Å². The van der Waals surface area contributed by atoms with E-state index in [1.54, 1.807) is 14.2 Å². The Kier molecular flexibility index (Phi) is 8.84. The summed E-state index contributed by atoms with van der Waals surface area (Å²) in [6, 6.07) is 0. The summed E-state index contributed by atoms with van der Waals surface area (Å²) in [5.41, 5.74) is 1.41. The molecule has 1 unspecified atom stereocenters. The van der Waals surface area contributed by atoms with Gasteiger partial charge < -0.3 is 13.3 Å². The van der Waals surface area contributed by atoms with E-state index < -0.39 is 22.6 Å². The van der Waals surface area contributed by atoms with Crippen LogP contribution in [0.15, 0.2) is 0 Å². The molecule has 1 radical (unpaired) electrons. The standard InChI is InChI=1S/C19H39O4Si2/c1-9-19(6,24(21-7)22-8)18(20)23-25(15(2)3,16(4)5)17-13-11-10-12-14-17/h15-17H,9-14H2,1-8H3. The summed E-state index contributed by atoms with van der Waals surface area (Å²) < 4.78 is 17.7. The van der Waals surface area contributed by atoms with Crippen molar-refractivity contribution in [3.05, 3.63) is 0 Å².